The highest BCUT2D eigenvalue weighted by Crippen LogP contribution is 2.21. The van der Waals surface area contributed by atoms with Gasteiger partial charge in [0, 0.05) is 10.9 Å². The predicted molar refractivity (Wildman–Crippen MR) is 56.6 cm³/mol. The average Bonchev–Trinajstić information content (AvgIpc) is 2.65. The number of thiazole rings is 1. The average molecular weight is 218 g/mol. The summed E-state index contributed by atoms with van der Waals surface area (Å²) >= 11 is 1.57. The predicted octanol–water partition coefficient (Wildman–Crippen LogP) is 1.48. The van der Waals surface area contributed by atoms with Crippen molar-refractivity contribution in [2.24, 2.45) is 0 Å². The highest BCUT2D eigenvalue weighted by molar-refractivity contribution is 7.09. The van der Waals surface area contributed by atoms with E-state index in [0.29, 0.717) is 0 Å². The SMILES string of the molecule is Cc1nc(-c2ccc(C(=O)[O-])cc2)cs1. The van der Waals surface area contributed by atoms with Crippen LogP contribution in [0, 0.1) is 6.92 Å². The molecule has 2 rings (SSSR count). The van der Waals surface area contributed by atoms with Crippen molar-refractivity contribution >= 4 is 17.3 Å². The minimum Gasteiger partial charge on any atom is -0.545 e. The molecule has 2 aromatic rings. The van der Waals surface area contributed by atoms with Crippen LogP contribution in [0.4, 0.5) is 0 Å². The van der Waals surface area contributed by atoms with Crippen molar-refractivity contribution in [3.8, 4) is 11.3 Å². The summed E-state index contributed by atoms with van der Waals surface area (Å²) in [7, 11) is 0. The number of hydrogen-bond acceptors (Lipinski definition) is 4. The lowest BCUT2D eigenvalue weighted by Crippen LogP contribution is -2.21. The molecule has 1 aromatic carbocycles. The molecule has 76 valence electrons. The van der Waals surface area contributed by atoms with Crippen molar-refractivity contribution in [3.05, 3.63) is 40.2 Å². The highest BCUT2D eigenvalue weighted by atomic mass is 32.1. The molecule has 1 heterocycles. The summed E-state index contributed by atoms with van der Waals surface area (Å²) in [5.41, 5.74) is 1.98. The summed E-state index contributed by atoms with van der Waals surface area (Å²) in [4.78, 5) is 14.8. The second-order valence-corrected chi connectivity index (χ2v) is 4.18. The minimum absolute atomic E-state index is 0.186. The van der Waals surface area contributed by atoms with Crippen LogP contribution in [-0.4, -0.2) is 11.0 Å². The van der Waals surface area contributed by atoms with Crippen molar-refractivity contribution in [2.45, 2.75) is 6.92 Å². The molecule has 0 amide bonds. The van der Waals surface area contributed by atoms with Crippen LogP contribution >= 0.6 is 11.3 Å². The third kappa shape index (κ3) is 2.05. The van der Waals surface area contributed by atoms with Crippen molar-refractivity contribution in [3.63, 3.8) is 0 Å². The van der Waals surface area contributed by atoms with Crippen LogP contribution in [0.5, 0.6) is 0 Å². The molecule has 0 spiro atoms. The van der Waals surface area contributed by atoms with E-state index in [4.69, 9.17) is 0 Å². The summed E-state index contributed by atoms with van der Waals surface area (Å²) in [6, 6.07) is 6.53. The Bertz CT molecular complexity index is 488. The first kappa shape index (κ1) is 9.86. The summed E-state index contributed by atoms with van der Waals surface area (Å²) in [5.74, 6) is -1.16. The monoisotopic (exact) mass is 218 g/mol. The number of aromatic carboxylic acids is 1. The van der Waals surface area contributed by atoms with E-state index in [-0.39, 0.29) is 5.56 Å². The van der Waals surface area contributed by atoms with Gasteiger partial charge in [0.25, 0.3) is 0 Å². The Morgan fingerprint density at radius 2 is 2.00 bits per heavy atom. The number of aromatic nitrogens is 1. The number of carboxylic acids is 1. The lowest BCUT2D eigenvalue weighted by molar-refractivity contribution is -0.255. The summed E-state index contributed by atoms with van der Waals surface area (Å²) in [6.07, 6.45) is 0. The van der Waals surface area contributed by atoms with Gasteiger partial charge in [-0.25, -0.2) is 4.98 Å². The quantitative estimate of drug-likeness (QED) is 0.767. The Morgan fingerprint density at radius 1 is 1.33 bits per heavy atom. The maximum Gasteiger partial charge on any atom is 0.0901 e. The Balaban J connectivity index is 2.35. The third-order valence-electron chi connectivity index (χ3n) is 2.04. The molecular weight excluding hydrogens is 210 g/mol. The van der Waals surface area contributed by atoms with Crippen molar-refractivity contribution in [2.75, 3.05) is 0 Å². The van der Waals surface area contributed by atoms with Gasteiger partial charge in [0.2, 0.25) is 0 Å². The van der Waals surface area contributed by atoms with Gasteiger partial charge in [0.05, 0.1) is 16.7 Å². The lowest BCUT2D eigenvalue weighted by atomic mass is 10.1. The number of aryl methyl sites for hydroxylation is 1. The fraction of sp³-hybridized carbons (Fsp3) is 0.0909. The van der Waals surface area contributed by atoms with Crippen LogP contribution in [0.15, 0.2) is 29.6 Å². The van der Waals surface area contributed by atoms with Gasteiger partial charge < -0.3 is 9.90 Å². The maximum atomic E-state index is 10.5. The second-order valence-electron chi connectivity index (χ2n) is 3.12. The summed E-state index contributed by atoms with van der Waals surface area (Å²) in [5, 5.41) is 13.5. The van der Waals surface area contributed by atoms with Crippen LogP contribution in [0.2, 0.25) is 0 Å². The van der Waals surface area contributed by atoms with Crippen LogP contribution in [0.1, 0.15) is 15.4 Å². The van der Waals surface area contributed by atoms with Gasteiger partial charge in [-0.1, -0.05) is 24.3 Å². The first-order valence-corrected chi connectivity index (χ1v) is 5.28. The Labute approximate surface area is 91.0 Å². The molecule has 0 saturated carbocycles. The zero-order valence-corrected chi connectivity index (χ0v) is 8.88. The van der Waals surface area contributed by atoms with Gasteiger partial charge in [-0.3, -0.25) is 0 Å². The maximum absolute atomic E-state index is 10.5. The molecule has 0 fully saturated rings. The normalized spacial score (nSPS) is 10.2. The highest BCUT2D eigenvalue weighted by Gasteiger charge is 2.01. The van der Waals surface area contributed by atoms with E-state index in [2.05, 4.69) is 4.98 Å². The van der Waals surface area contributed by atoms with E-state index in [1.54, 1.807) is 23.5 Å². The molecule has 0 aliphatic rings. The fourth-order valence-corrected chi connectivity index (χ4v) is 1.90. The zero-order chi connectivity index (χ0) is 10.8. The number of carboxylic acid groups (broad SMARTS) is 1. The second kappa shape index (κ2) is 3.82. The number of carbonyl (C=O) groups is 1. The number of nitrogens with zero attached hydrogens (tertiary/aromatic N) is 1. The zero-order valence-electron chi connectivity index (χ0n) is 8.06. The van der Waals surface area contributed by atoms with Gasteiger partial charge >= 0.3 is 0 Å². The van der Waals surface area contributed by atoms with Gasteiger partial charge in [-0.05, 0) is 12.5 Å². The number of benzene rings is 1. The molecule has 0 atom stereocenters. The van der Waals surface area contributed by atoms with E-state index in [1.807, 2.05) is 12.3 Å². The van der Waals surface area contributed by atoms with Gasteiger partial charge in [-0.2, -0.15) is 0 Å². The largest absolute Gasteiger partial charge is 0.545 e. The van der Waals surface area contributed by atoms with Crippen molar-refractivity contribution < 1.29 is 9.90 Å². The molecule has 1 aromatic heterocycles. The molecule has 0 N–H and O–H groups in total. The molecule has 0 radical (unpaired) electrons. The topological polar surface area (TPSA) is 53.0 Å². The van der Waals surface area contributed by atoms with Crippen LogP contribution < -0.4 is 5.11 Å². The van der Waals surface area contributed by atoms with Gasteiger partial charge in [0.1, 0.15) is 0 Å². The van der Waals surface area contributed by atoms with Crippen molar-refractivity contribution in [1.82, 2.24) is 4.98 Å². The molecule has 0 aliphatic carbocycles. The Hall–Kier alpha value is -1.68. The smallest absolute Gasteiger partial charge is 0.0901 e. The van der Waals surface area contributed by atoms with E-state index in [1.165, 1.54) is 12.1 Å². The third-order valence-corrected chi connectivity index (χ3v) is 2.81. The Morgan fingerprint density at radius 3 is 2.47 bits per heavy atom. The molecule has 0 unspecified atom stereocenters. The van der Waals surface area contributed by atoms with Gasteiger partial charge in [0.15, 0.2) is 0 Å². The first-order valence-electron chi connectivity index (χ1n) is 4.41. The molecule has 15 heavy (non-hydrogen) atoms. The van der Waals surface area contributed by atoms with E-state index in [9.17, 15) is 9.90 Å². The van der Waals surface area contributed by atoms with E-state index in [0.717, 1.165) is 16.3 Å². The molecule has 4 heteroatoms. The molecular formula is C11H8NO2S-. The molecule has 3 nitrogen and oxygen atoms in total. The molecule has 0 aliphatic heterocycles. The van der Waals surface area contributed by atoms with E-state index < -0.39 is 5.97 Å². The summed E-state index contributed by atoms with van der Waals surface area (Å²) < 4.78 is 0. The van der Waals surface area contributed by atoms with Crippen LogP contribution in [0.3, 0.4) is 0 Å². The molecule has 0 saturated heterocycles. The summed E-state index contributed by atoms with van der Waals surface area (Å²) in [6.45, 7) is 1.93. The van der Waals surface area contributed by atoms with Crippen LogP contribution in [-0.2, 0) is 0 Å². The first-order chi connectivity index (χ1) is 7.16. The number of rotatable bonds is 2. The van der Waals surface area contributed by atoms with Crippen LogP contribution in [0.25, 0.3) is 11.3 Å². The van der Waals surface area contributed by atoms with Gasteiger partial charge in [-0.15, -0.1) is 11.3 Å². The Kier molecular flexibility index (Phi) is 2.51. The molecule has 0 bridgehead atoms. The fourth-order valence-electron chi connectivity index (χ4n) is 1.27. The minimum atomic E-state index is -1.16. The standard InChI is InChI=1S/C11H9NO2S/c1-7-12-10(6-15-7)8-2-4-9(5-3-8)11(13)14/h2-6H,1H3,(H,13,14)/p-1. The van der Waals surface area contributed by atoms with E-state index >= 15 is 0 Å². The number of carbonyl (C=O) groups excluding carboxylic acids is 1. The van der Waals surface area contributed by atoms with Crippen molar-refractivity contribution in [1.29, 1.82) is 0 Å². The lowest BCUT2D eigenvalue weighted by Gasteiger charge is -2.02. The number of hydrogen-bond donors (Lipinski definition) is 0.